The molecule has 0 aliphatic heterocycles. The van der Waals surface area contributed by atoms with Gasteiger partial charge in [0.25, 0.3) is 5.91 Å². The van der Waals surface area contributed by atoms with E-state index in [2.05, 4.69) is 17.3 Å². The largest absolute Gasteiger partial charge is 0.448 e. The zero-order valence-electron chi connectivity index (χ0n) is 14.7. The van der Waals surface area contributed by atoms with Crippen molar-refractivity contribution in [3.05, 3.63) is 47.7 Å². The number of hydrogen-bond donors (Lipinski definition) is 2. The van der Waals surface area contributed by atoms with Crippen molar-refractivity contribution < 1.29 is 14.3 Å². The van der Waals surface area contributed by atoms with E-state index in [1.165, 1.54) is 10.7 Å². The number of anilines is 1. The maximum absolute atomic E-state index is 12.4. The molecule has 1 amide bonds. The van der Waals surface area contributed by atoms with Crippen molar-refractivity contribution in [2.45, 2.75) is 38.8 Å². The molecule has 3 N–H and O–H groups in total. The Hall–Kier alpha value is -2.83. The van der Waals surface area contributed by atoms with E-state index in [1.807, 2.05) is 30.3 Å². The van der Waals surface area contributed by atoms with Crippen molar-refractivity contribution >= 4 is 17.7 Å². The van der Waals surface area contributed by atoms with Gasteiger partial charge < -0.3 is 15.8 Å². The van der Waals surface area contributed by atoms with Gasteiger partial charge >= 0.3 is 5.97 Å². The third kappa shape index (κ3) is 4.82. The van der Waals surface area contributed by atoms with E-state index in [0.717, 1.165) is 18.4 Å². The molecule has 0 fully saturated rings. The lowest BCUT2D eigenvalue weighted by molar-refractivity contribution is -0.130. The summed E-state index contributed by atoms with van der Waals surface area (Å²) in [5.74, 6) is -0.759. The number of hydrogen-bond acceptors (Lipinski definition) is 5. The topological polar surface area (TPSA) is 99.2 Å². The zero-order chi connectivity index (χ0) is 18.4. The molecule has 7 heteroatoms. The Morgan fingerprint density at radius 2 is 2.00 bits per heavy atom. The number of carbonyl (C=O) groups excluding carboxylic acids is 2. The van der Waals surface area contributed by atoms with E-state index in [9.17, 15) is 9.59 Å². The molecule has 0 aliphatic carbocycles. The summed E-state index contributed by atoms with van der Waals surface area (Å²) in [4.78, 5) is 24.6. The third-order valence-electron chi connectivity index (χ3n) is 3.86. The summed E-state index contributed by atoms with van der Waals surface area (Å²) in [7, 11) is 1.59. The van der Waals surface area contributed by atoms with Crippen LogP contribution in [0.1, 0.15) is 48.8 Å². The van der Waals surface area contributed by atoms with Gasteiger partial charge in [-0.15, -0.1) is 0 Å². The van der Waals surface area contributed by atoms with Gasteiger partial charge in [0, 0.05) is 13.1 Å². The van der Waals surface area contributed by atoms with Gasteiger partial charge in [0.05, 0.1) is 6.04 Å². The normalized spacial score (nSPS) is 13.1. The zero-order valence-corrected chi connectivity index (χ0v) is 14.7. The van der Waals surface area contributed by atoms with Crippen molar-refractivity contribution in [2.75, 3.05) is 5.73 Å². The van der Waals surface area contributed by atoms with Crippen molar-refractivity contribution in [3.8, 4) is 0 Å². The second-order valence-electron chi connectivity index (χ2n) is 5.89. The average Bonchev–Trinajstić information content (AvgIpc) is 2.93. The summed E-state index contributed by atoms with van der Waals surface area (Å²) in [6.45, 7) is 3.60. The molecule has 134 valence electrons. The number of nitrogens with zero attached hydrogens (tertiary/aromatic N) is 2. The highest BCUT2D eigenvalue weighted by Gasteiger charge is 2.23. The molecule has 0 saturated heterocycles. The Morgan fingerprint density at radius 1 is 1.32 bits per heavy atom. The van der Waals surface area contributed by atoms with Gasteiger partial charge in [-0.25, -0.2) is 4.79 Å². The number of nitrogen functional groups attached to an aromatic ring is 1. The van der Waals surface area contributed by atoms with E-state index in [0.29, 0.717) is 0 Å². The minimum atomic E-state index is -0.924. The number of ether oxygens (including phenoxy) is 1. The lowest BCUT2D eigenvalue weighted by Gasteiger charge is -2.21. The molecule has 25 heavy (non-hydrogen) atoms. The van der Waals surface area contributed by atoms with E-state index < -0.39 is 12.1 Å². The number of aryl methyl sites for hydroxylation is 1. The molecule has 2 aromatic rings. The monoisotopic (exact) mass is 344 g/mol. The molecule has 0 saturated carbocycles. The van der Waals surface area contributed by atoms with Gasteiger partial charge in [0.2, 0.25) is 0 Å². The molecule has 1 heterocycles. The van der Waals surface area contributed by atoms with Crippen LogP contribution in [0.5, 0.6) is 0 Å². The van der Waals surface area contributed by atoms with Crippen LogP contribution in [-0.4, -0.2) is 27.8 Å². The van der Waals surface area contributed by atoms with Gasteiger partial charge in [-0.3, -0.25) is 9.48 Å². The second-order valence-corrected chi connectivity index (χ2v) is 5.89. The quantitative estimate of drug-likeness (QED) is 0.750. The van der Waals surface area contributed by atoms with E-state index in [4.69, 9.17) is 10.5 Å². The fourth-order valence-corrected chi connectivity index (χ4v) is 2.54. The van der Waals surface area contributed by atoms with Crippen LogP contribution in [0.15, 0.2) is 36.4 Å². The van der Waals surface area contributed by atoms with E-state index in [-0.39, 0.29) is 23.5 Å². The Morgan fingerprint density at radius 3 is 2.56 bits per heavy atom. The van der Waals surface area contributed by atoms with E-state index in [1.54, 1.807) is 14.0 Å². The number of benzene rings is 1. The van der Waals surface area contributed by atoms with Crippen molar-refractivity contribution in [2.24, 2.45) is 7.05 Å². The predicted molar refractivity (Wildman–Crippen MR) is 94.7 cm³/mol. The van der Waals surface area contributed by atoms with Crippen LogP contribution < -0.4 is 11.1 Å². The Bertz CT molecular complexity index is 727. The summed E-state index contributed by atoms with van der Waals surface area (Å²) in [6, 6.07) is 11.0. The van der Waals surface area contributed by atoms with Crippen LogP contribution in [0.2, 0.25) is 0 Å². The molecular weight excluding hydrogens is 320 g/mol. The average molecular weight is 344 g/mol. The first-order chi connectivity index (χ1) is 11.9. The SMILES string of the molecule is CCCC(NC(=O)C(C)OC(=O)c1cc(N)nn1C)c1ccccc1. The van der Waals surface area contributed by atoms with Crippen LogP contribution in [0.3, 0.4) is 0 Å². The fraction of sp³-hybridized carbons (Fsp3) is 0.389. The van der Waals surface area contributed by atoms with E-state index >= 15 is 0 Å². The molecule has 0 radical (unpaired) electrons. The number of esters is 1. The summed E-state index contributed by atoms with van der Waals surface area (Å²) in [5.41, 5.74) is 6.78. The number of aromatic nitrogens is 2. The van der Waals surface area contributed by atoms with Crippen molar-refractivity contribution in [1.82, 2.24) is 15.1 Å². The summed E-state index contributed by atoms with van der Waals surface area (Å²) in [6.07, 6.45) is 0.795. The predicted octanol–water partition coefficient (Wildman–Crippen LogP) is 2.21. The fourth-order valence-electron chi connectivity index (χ4n) is 2.54. The third-order valence-corrected chi connectivity index (χ3v) is 3.86. The minimum absolute atomic E-state index is 0.118. The molecule has 0 bridgehead atoms. The number of nitrogens with two attached hydrogens (primary N) is 1. The molecule has 1 aromatic heterocycles. The molecule has 7 nitrogen and oxygen atoms in total. The summed E-state index contributed by atoms with van der Waals surface area (Å²) < 4.78 is 6.57. The van der Waals surface area contributed by atoms with Crippen LogP contribution in [-0.2, 0) is 16.6 Å². The van der Waals surface area contributed by atoms with Gasteiger partial charge in [0.15, 0.2) is 6.10 Å². The number of amides is 1. The van der Waals surface area contributed by atoms with Crippen LogP contribution in [0.4, 0.5) is 5.82 Å². The van der Waals surface area contributed by atoms with Gasteiger partial charge in [0.1, 0.15) is 11.5 Å². The van der Waals surface area contributed by atoms with Crippen molar-refractivity contribution in [3.63, 3.8) is 0 Å². The highest BCUT2D eigenvalue weighted by molar-refractivity contribution is 5.91. The lowest BCUT2D eigenvalue weighted by atomic mass is 10.0. The summed E-state index contributed by atoms with van der Waals surface area (Å²) >= 11 is 0. The number of nitrogens with one attached hydrogen (secondary N) is 1. The first-order valence-electron chi connectivity index (χ1n) is 8.28. The maximum Gasteiger partial charge on any atom is 0.357 e. The minimum Gasteiger partial charge on any atom is -0.448 e. The standard InChI is InChI=1S/C18H24N4O3/c1-4-8-14(13-9-6-5-7-10-13)20-17(23)12(2)25-18(24)15-11-16(19)21-22(15)3/h5-7,9-12,14H,4,8H2,1-3H3,(H2,19,21)(H,20,23). The second kappa shape index (κ2) is 8.32. The highest BCUT2D eigenvalue weighted by Crippen LogP contribution is 2.18. The van der Waals surface area contributed by atoms with Gasteiger partial charge in [-0.05, 0) is 18.9 Å². The highest BCUT2D eigenvalue weighted by atomic mass is 16.5. The van der Waals surface area contributed by atoms with Gasteiger partial charge in [-0.1, -0.05) is 43.7 Å². The number of rotatable bonds is 7. The molecule has 2 unspecified atom stereocenters. The van der Waals surface area contributed by atoms with Gasteiger partial charge in [-0.2, -0.15) is 5.10 Å². The molecule has 1 aromatic carbocycles. The van der Waals surface area contributed by atoms with Crippen LogP contribution in [0, 0.1) is 0 Å². The van der Waals surface area contributed by atoms with Crippen LogP contribution in [0.25, 0.3) is 0 Å². The molecule has 2 rings (SSSR count). The Labute approximate surface area is 147 Å². The first kappa shape index (κ1) is 18.5. The lowest BCUT2D eigenvalue weighted by Crippen LogP contribution is -2.38. The molecular formula is C18H24N4O3. The Balaban J connectivity index is 2.01. The first-order valence-corrected chi connectivity index (χ1v) is 8.28. The molecule has 0 spiro atoms. The molecule has 2 atom stereocenters. The van der Waals surface area contributed by atoms with Crippen molar-refractivity contribution in [1.29, 1.82) is 0 Å². The number of carbonyl (C=O) groups is 2. The van der Waals surface area contributed by atoms with Crippen LogP contribution >= 0.6 is 0 Å². The maximum atomic E-state index is 12.4. The smallest absolute Gasteiger partial charge is 0.357 e. The Kier molecular flexibility index (Phi) is 6.16. The summed E-state index contributed by atoms with van der Waals surface area (Å²) in [5, 5.41) is 6.84. The molecule has 0 aliphatic rings.